The van der Waals surface area contributed by atoms with E-state index in [2.05, 4.69) is 0 Å². The summed E-state index contributed by atoms with van der Waals surface area (Å²) in [5.74, 6) is 0.414. The van der Waals surface area contributed by atoms with Crippen LogP contribution < -0.4 is 0 Å². The molecule has 0 radical (unpaired) electrons. The molecule has 0 bridgehead atoms. The second-order valence-electron chi connectivity index (χ2n) is 10.7. The van der Waals surface area contributed by atoms with Crippen molar-refractivity contribution in [2.24, 2.45) is 0 Å². The predicted octanol–water partition coefficient (Wildman–Crippen LogP) is 4.97. The Labute approximate surface area is 226 Å². The highest BCUT2D eigenvalue weighted by molar-refractivity contribution is 5.78. The van der Waals surface area contributed by atoms with Gasteiger partial charge in [-0.3, -0.25) is 9.59 Å². The Bertz CT molecular complexity index is 691. The SMILES string of the molecule is O=C1OCC(CCCCCCCCC(=O)N2CCN(C(=O)CCCCCCCCC3COC(=O)O3)CC2)O1. The molecule has 3 rings (SSSR count). The maximum Gasteiger partial charge on any atom is 0.508 e. The topological polar surface area (TPSA) is 112 Å². The van der Waals surface area contributed by atoms with Gasteiger partial charge in [0.2, 0.25) is 11.8 Å². The van der Waals surface area contributed by atoms with Crippen LogP contribution in [-0.2, 0) is 28.5 Å². The Morgan fingerprint density at radius 3 is 1.24 bits per heavy atom. The van der Waals surface area contributed by atoms with Gasteiger partial charge in [-0.15, -0.1) is 0 Å². The van der Waals surface area contributed by atoms with E-state index in [1.54, 1.807) is 0 Å². The Balaban J connectivity index is 1.09. The van der Waals surface area contributed by atoms with Crippen molar-refractivity contribution in [2.75, 3.05) is 39.4 Å². The van der Waals surface area contributed by atoms with Crippen molar-refractivity contribution in [1.82, 2.24) is 9.80 Å². The number of unbranched alkanes of at least 4 members (excludes halogenated alkanes) is 10. The lowest BCUT2D eigenvalue weighted by Gasteiger charge is -2.35. The molecule has 10 heteroatoms. The number of carbonyl (C=O) groups excluding carboxylic acids is 4. The largest absolute Gasteiger partial charge is 0.508 e. The Morgan fingerprint density at radius 1 is 0.553 bits per heavy atom. The van der Waals surface area contributed by atoms with Gasteiger partial charge in [0.1, 0.15) is 25.4 Å². The molecule has 2 unspecified atom stereocenters. The molecule has 0 N–H and O–H groups in total. The minimum atomic E-state index is -0.551. The van der Waals surface area contributed by atoms with Gasteiger partial charge in [0.15, 0.2) is 0 Å². The lowest BCUT2D eigenvalue weighted by Crippen LogP contribution is -2.50. The molecule has 2 atom stereocenters. The van der Waals surface area contributed by atoms with E-state index in [0.717, 1.165) is 89.9 Å². The summed E-state index contributed by atoms with van der Waals surface area (Å²) in [6.07, 6.45) is 14.3. The number of carbonyl (C=O) groups is 4. The zero-order chi connectivity index (χ0) is 27.0. The van der Waals surface area contributed by atoms with E-state index in [4.69, 9.17) is 18.9 Å². The molecule has 10 nitrogen and oxygen atoms in total. The van der Waals surface area contributed by atoms with Crippen molar-refractivity contribution >= 4 is 24.1 Å². The van der Waals surface area contributed by atoms with E-state index in [0.29, 0.717) is 52.2 Å². The summed E-state index contributed by atoms with van der Waals surface area (Å²) in [6, 6.07) is 0. The van der Waals surface area contributed by atoms with E-state index in [1.807, 2.05) is 9.80 Å². The standard InChI is InChI=1S/C28H46N2O8/c31-25(15-11-7-3-1-5-9-13-23-21-35-27(33)37-23)29-17-19-30(20-18-29)26(32)16-12-8-4-2-6-10-14-24-22-36-28(34)38-24/h23-24H,1-22H2. The molecule has 3 saturated heterocycles. The molecule has 0 aromatic carbocycles. The maximum atomic E-state index is 12.5. The van der Waals surface area contributed by atoms with Gasteiger partial charge in [0.25, 0.3) is 0 Å². The number of nitrogens with zero attached hydrogens (tertiary/aromatic N) is 2. The molecule has 38 heavy (non-hydrogen) atoms. The van der Waals surface area contributed by atoms with Gasteiger partial charge in [-0.1, -0.05) is 51.4 Å². The predicted molar refractivity (Wildman–Crippen MR) is 139 cm³/mol. The number of hydrogen-bond acceptors (Lipinski definition) is 8. The number of hydrogen-bond donors (Lipinski definition) is 0. The van der Waals surface area contributed by atoms with Crippen LogP contribution in [0.1, 0.15) is 103 Å². The number of piperazine rings is 1. The highest BCUT2D eigenvalue weighted by Gasteiger charge is 2.25. The highest BCUT2D eigenvalue weighted by atomic mass is 16.8. The molecule has 0 aromatic heterocycles. The lowest BCUT2D eigenvalue weighted by atomic mass is 10.1. The summed E-state index contributed by atoms with van der Waals surface area (Å²) in [5.41, 5.74) is 0. The average Bonchev–Trinajstić information content (AvgIpc) is 3.54. The van der Waals surface area contributed by atoms with Crippen LogP contribution in [0.4, 0.5) is 9.59 Å². The normalized spacial score (nSPS) is 21.2. The summed E-state index contributed by atoms with van der Waals surface area (Å²) in [4.78, 5) is 50.7. The fourth-order valence-corrected chi connectivity index (χ4v) is 5.25. The zero-order valence-corrected chi connectivity index (χ0v) is 22.9. The maximum absolute atomic E-state index is 12.5. The monoisotopic (exact) mass is 538 g/mol. The van der Waals surface area contributed by atoms with Gasteiger partial charge in [0.05, 0.1) is 0 Å². The van der Waals surface area contributed by atoms with Crippen LogP contribution in [0.5, 0.6) is 0 Å². The number of ether oxygens (including phenoxy) is 4. The third kappa shape index (κ3) is 11.5. The smallest absolute Gasteiger partial charge is 0.430 e. The molecule has 0 saturated carbocycles. The molecule has 3 heterocycles. The van der Waals surface area contributed by atoms with Crippen molar-refractivity contribution in [3.05, 3.63) is 0 Å². The molecule has 216 valence electrons. The third-order valence-corrected chi connectivity index (χ3v) is 7.62. The molecular formula is C28H46N2O8. The van der Waals surface area contributed by atoms with Gasteiger partial charge >= 0.3 is 12.3 Å². The number of cyclic esters (lactones) is 4. The van der Waals surface area contributed by atoms with Gasteiger partial charge in [-0.25, -0.2) is 9.59 Å². The first-order chi connectivity index (χ1) is 18.5. The van der Waals surface area contributed by atoms with Crippen molar-refractivity contribution < 1.29 is 38.1 Å². The van der Waals surface area contributed by atoms with E-state index in [1.165, 1.54) is 0 Å². The van der Waals surface area contributed by atoms with E-state index >= 15 is 0 Å². The second-order valence-corrected chi connectivity index (χ2v) is 10.7. The Kier molecular flexibility index (Phi) is 13.5. The first-order valence-electron chi connectivity index (χ1n) is 14.7. The highest BCUT2D eigenvalue weighted by Crippen LogP contribution is 2.17. The van der Waals surface area contributed by atoms with Crippen molar-refractivity contribution in [3.8, 4) is 0 Å². The van der Waals surface area contributed by atoms with Crippen LogP contribution in [0.2, 0.25) is 0 Å². The van der Waals surface area contributed by atoms with Gasteiger partial charge in [-0.2, -0.15) is 0 Å². The summed E-state index contributed by atoms with van der Waals surface area (Å²) >= 11 is 0. The van der Waals surface area contributed by atoms with E-state index in [-0.39, 0.29) is 24.0 Å². The summed E-state index contributed by atoms with van der Waals surface area (Å²) in [6.45, 7) is 3.32. The Hall–Kier alpha value is -2.52. The summed E-state index contributed by atoms with van der Waals surface area (Å²) in [5, 5.41) is 0. The van der Waals surface area contributed by atoms with E-state index < -0.39 is 12.3 Å². The van der Waals surface area contributed by atoms with Gasteiger partial charge in [0, 0.05) is 39.0 Å². The minimum absolute atomic E-state index is 0.0777. The molecule has 0 aliphatic carbocycles. The number of amides is 2. The summed E-state index contributed by atoms with van der Waals surface area (Å²) < 4.78 is 19.6. The first-order valence-corrected chi connectivity index (χ1v) is 14.7. The first kappa shape index (κ1) is 30.0. The van der Waals surface area contributed by atoms with Crippen molar-refractivity contribution in [3.63, 3.8) is 0 Å². The van der Waals surface area contributed by atoms with E-state index in [9.17, 15) is 19.2 Å². The molecule has 0 spiro atoms. The molecule has 0 aromatic rings. The molecule has 3 aliphatic heterocycles. The average molecular weight is 539 g/mol. The van der Waals surface area contributed by atoms with Crippen molar-refractivity contribution in [1.29, 1.82) is 0 Å². The second kappa shape index (κ2) is 17.1. The molecule has 2 amide bonds. The summed E-state index contributed by atoms with van der Waals surface area (Å²) in [7, 11) is 0. The lowest BCUT2D eigenvalue weighted by molar-refractivity contribution is -0.139. The quantitative estimate of drug-likeness (QED) is 0.178. The third-order valence-electron chi connectivity index (χ3n) is 7.62. The van der Waals surface area contributed by atoms with Gasteiger partial charge < -0.3 is 28.7 Å². The van der Waals surface area contributed by atoms with Crippen LogP contribution in [-0.4, -0.2) is 85.5 Å². The minimum Gasteiger partial charge on any atom is -0.430 e. The van der Waals surface area contributed by atoms with Crippen LogP contribution in [0, 0.1) is 0 Å². The zero-order valence-electron chi connectivity index (χ0n) is 22.9. The molecule has 3 aliphatic rings. The molecule has 3 fully saturated rings. The fraction of sp³-hybridized carbons (Fsp3) is 0.857. The number of rotatable bonds is 18. The van der Waals surface area contributed by atoms with Gasteiger partial charge in [-0.05, 0) is 38.5 Å². The molecular weight excluding hydrogens is 492 g/mol. The van der Waals surface area contributed by atoms with Crippen LogP contribution in [0.15, 0.2) is 0 Å². The van der Waals surface area contributed by atoms with Crippen molar-refractivity contribution in [2.45, 2.75) is 115 Å². The van der Waals surface area contributed by atoms with Crippen LogP contribution >= 0.6 is 0 Å². The fourth-order valence-electron chi connectivity index (χ4n) is 5.25. The van der Waals surface area contributed by atoms with Crippen LogP contribution in [0.25, 0.3) is 0 Å². The van der Waals surface area contributed by atoms with Crippen LogP contribution in [0.3, 0.4) is 0 Å². The Morgan fingerprint density at radius 2 is 0.895 bits per heavy atom.